The molecule has 1 aliphatic rings. The third-order valence-electron chi connectivity index (χ3n) is 2.91. The molecule has 0 radical (unpaired) electrons. The number of halogens is 1. The predicted octanol–water partition coefficient (Wildman–Crippen LogP) is 1.16. The van der Waals surface area contributed by atoms with E-state index in [0.717, 1.165) is 25.7 Å². The van der Waals surface area contributed by atoms with Gasteiger partial charge in [0.2, 0.25) is 0 Å². The highest BCUT2D eigenvalue weighted by atomic mass is 35.5. The van der Waals surface area contributed by atoms with Crippen molar-refractivity contribution >= 4 is 17.5 Å². The highest BCUT2D eigenvalue weighted by Crippen LogP contribution is 2.18. The Morgan fingerprint density at radius 1 is 1.35 bits per heavy atom. The number of aromatic nitrogens is 2. The Balaban J connectivity index is 1.98. The van der Waals surface area contributed by atoms with Crippen LogP contribution in [-0.2, 0) is 0 Å². The first-order valence-corrected chi connectivity index (χ1v) is 6.03. The van der Waals surface area contributed by atoms with Crippen LogP contribution in [0.4, 0.5) is 0 Å². The average molecular weight is 256 g/mol. The zero-order chi connectivity index (χ0) is 12.3. The first kappa shape index (κ1) is 12.3. The van der Waals surface area contributed by atoms with E-state index in [0.29, 0.717) is 0 Å². The minimum atomic E-state index is -0.465. The fourth-order valence-electron chi connectivity index (χ4n) is 1.96. The Morgan fingerprint density at radius 2 is 2.12 bits per heavy atom. The van der Waals surface area contributed by atoms with Gasteiger partial charge in [0.05, 0.1) is 12.1 Å². The van der Waals surface area contributed by atoms with Gasteiger partial charge in [0.1, 0.15) is 0 Å². The Kier molecular flexibility index (Phi) is 3.91. The van der Waals surface area contributed by atoms with E-state index < -0.39 is 6.10 Å². The van der Waals surface area contributed by atoms with Crippen LogP contribution in [0.15, 0.2) is 12.1 Å². The van der Waals surface area contributed by atoms with Crippen LogP contribution in [0.25, 0.3) is 0 Å². The van der Waals surface area contributed by atoms with Crippen molar-refractivity contribution in [1.82, 2.24) is 15.5 Å². The summed E-state index contributed by atoms with van der Waals surface area (Å²) < 4.78 is 0. The quantitative estimate of drug-likeness (QED) is 0.832. The molecule has 0 aromatic carbocycles. The number of nitrogens with zero attached hydrogens (tertiary/aromatic N) is 2. The summed E-state index contributed by atoms with van der Waals surface area (Å²) in [5, 5.41) is 20.1. The molecule has 0 saturated heterocycles. The molecule has 92 valence electrons. The van der Waals surface area contributed by atoms with Crippen LogP contribution in [0.5, 0.6) is 0 Å². The summed E-state index contributed by atoms with van der Waals surface area (Å²) in [4.78, 5) is 11.8. The van der Waals surface area contributed by atoms with Crippen molar-refractivity contribution in [2.75, 3.05) is 0 Å². The smallest absolute Gasteiger partial charge is 0.272 e. The van der Waals surface area contributed by atoms with Crippen molar-refractivity contribution < 1.29 is 9.90 Å². The molecule has 0 unspecified atom stereocenters. The molecule has 1 heterocycles. The standard InChI is InChI=1S/C11H14ClN3O2/c12-10-6-5-8(14-15-10)11(17)13-7-3-1-2-4-9(7)16/h5-7,9,16H,1-4H2,(H,13,17)/t7-,9-/m1/s1. The van der Waals surface area contributed by atoms with Gasteiger partial charge in [-0.2, -0.15) is 0 Å². The van der Waals surface area contributed by atoms with E-state index in [9.17, 15) is 9.90 Å². The molecule has 1 aromatic heterocycles. The van der Waals surface area contributed by atoms with Gasteiger partial charge in [0.15, 0.2) is 10.8 Å². The summed E-state index contributed by atoms with van der Waals surface area (Å²) in [6, 6.07) is 2.84. The van der Waals surface area contributed by atoms with Crippen molar-refractivity contribution in [3.05, 3.63) is 23.0 Å². The number of hydrogen-bond donors (Lipinski definition) is 2. The van der Waals surface area contributed by atoms with Gasteiger partial charge in [-0.3, -0.25) is 4.79 Å². The molecule has 0 bridgehead atoms. The molecule has 1 saturated carbocycles. The second-order valence-corrected chi connectivity index (χ2v) is 4.56. The third kappa shape index (κ3) is 3.14. The highest BCUT2D eigenvalue weighted by molar-refractivity contribution is 6.29. The van der Waals surface area contributed by atoms with Gasteiger partial charge in [-0.05, 0) is 25.0 Å². The summed E-state index contributed by atoms with van der Waals surface area (Å²) in [5.74, 6) is -0.319. The lowest BCUT2D eigenvalue weighted by Gasteiger charge is -2.28. The molecule has 0 spiro atoms. The number of rotatable bonds is 2. The van der Waals surface area contributed by atoms with Gasteiger partial charge < -0.3 is 10.4 Å². The molecule has 0 aliphatic heterocycles. The third-order valence-corrected chi connectivity index (χ3v) is 3.11. The van der Waals surface area contributed by atoms with Crippen molar-refractivity contribution in [2.24, 2.45) is 0 Å². The molecule has 6 heteroatoms. The number of nitrogens with one attached hydrogen (secondary N) is 1. The van der Waals surface area contributed by atoms with Crippen LogP contribution in [0.3, 0.4) is 0 Å². The monoisotopic (exact) mass is 255 g/mol. The molecule has 2 rings (SSSR count). The molecule has 1 amide bonds. The topological polar surface area (TPSA) is 75.1 Å². The van der Waals surface area contributed by atoms with Crippen molar-refractivity contribution in [3.63, 3.8) is 0 Å². The Morgan fingerprint density at radius 3 is 2.76 bits per heavy atom. The van der Waals surface area contributed by atoms with Crippen molar-refractivity contribution in [1.29, 1.82) is 0 Å². The van der Waals surface area contributed by atoms with E-state index in [-0.39, 0.29) is 22.8 Å². The lowest BCUT2D eigenvalue weighted by Crippen LogP contribution is -2.45. The predicted molar refractivity (Wildman–Crippen MR) is 62.8 cm³/mol. The van der Waals surface area contributed by atoms with Gasteiger partial charge >= 0.3 is 0 Å². The van der Waals surface area contributed by atoms with Crippen LogP contribution in [0, 0.1) is 0 Å². The van der Waals surface area contributed by atoms with E-state index in [2.05, 4.69) is 15.5 Å². The fraction of sp³-hybridized carbons (Fsp3) is 0.545. The number of amides is 1. The summed E-state index contributed by atoms with van der Waals surface area (Å²) in [7, 11) is 0. The van der Waals surface area contributed by atoms with Gasteiger partial charge in [-0.15, -0.1) is 10.2 Å². The summed E-state index contributed by atoms with van der Waals surface area (Å²) in [5.41, 5.74) is 0.215. The second kappa shape index (κ2) is 5.42. The number of aliphatic hydroxyl groups is 1. The lowest BCUT2D eigenvalue weighted by atomic mass is 9.92. The molecular weight excluding hydrogens is 242 g/mol. The maximum Gasteiger partial charge on any atom is 0.272 e. The van der Waals surface area contributed by atoms with E-state index in [1.54, 1.807) is 0 Å². The maximum atomic E-state index is 11.8. The Labute approximate surface area is 104 Å². The van der Waals surface area contributed by atoms with Crippen LogP contribution in [0.2, 0.25) is 5.15 Å². The van der Waals surface area contributed by atoms with E-state index >= 15 is 0 Å². The van der Waals surface area contributed by atoms with Crippen molar-refractivity contribution in [3.8, 4) is 0 Å². The van der Waals surface area contributed by atoms with Crippen LogP contribution < -0.4 is 5.32 Å². The SMILES string of the molecule is O=C(N[C@@H]1CCCC[C@H]1O)c1ccc(Cl)nn1. The van der Waals surface area contributed by atoms with Crippen LogP contribution in [0.1, 0.15) is 36.2 Å². The summed E-state index contributed by atoms with van der Waals surface area (Å²) in [6.45, 7) is 0. The normalized spacial score (nSPS) is 24.4. The number of carbonyl (C=O) groups excluding carboxylic acids is 1. The van der Waals surface area contributed by atoms with Crippen molar-refractivity contribution in [2.45, 2.75) is 37.8 Å². The number of aliphatic hydroxyl groups excluding tert-OH is 1. The number of carbonyl (C=O) groups is 1. The largest absolute Gasteiger partial charge is 0.391 e. The molecule has 2 atom stereocenters. The molecule has 1 fully saturated rings. The number of hydrogen-bond acceptors (Lipinski definition) is 4. The van der Waals surface area contributed by atoms with Crippen LogP contribution >= 0.6 is 11.6 Å². The van der Waals surface area contributed by atoms with Gasteiger partial charge in [0, 0.05) is 0 Å². The average Bonchev–Trinajstić information content (AvgIpc) is 2.33. The minimum Gasteiger partial charge on any atom is -0.391 e. The molecule has 1 aromatic rings. The van der Waals surface area contributed by atoms with E-state index in [4.69, 9.17) is 11.6 Å². The highest BCUT2D eigenvalue weighted by Gasteiger charge is 2.25. The van der Waals surface area contributed by atoms with Gasteiger partial charge in [-0.25, -0.2) is 0 Å². The Hall–Kier alpha value is -1.20. The molecule has 1 aliphatic carbocycles. The minimum absolute atomic E-state index is 0.186. The molecule has 17 heavy (non-hydrogen) atoms. The van der Waals surface area contributed by atoms with E-state index in [1.807, 2.05) is 0 Å². The molecule has 2 N–H and O–H groups in total. The summed E-state index contributed by atoms with van der Waals surface area (Å²) in [6.07, 6.45) is 3.10. The Bertz CT molecular complexity index is 396. The first-order chi connectivity index (χ1) is 8.16. The molecular formula is C11H14ClN3O2. The van der Waals surface area contributed by atoms with Gasteiger partial charge in [0.25, 0.3) is 5.91 Å². The van der Waals surface area contributed by atoms with Gasteiger partial charge in [-0.1, -0.05) is 24.4 Å². The zero-order valence-electron chi connectivity index (χ0n) is 9.27. The summed E-state index contributed by atoms with van der Waals surface area (Å²) >= 11 is 5.59. The first-order valence-electron chi connectivity index (χ1n) is 5.65. The van der Waals surface area contributed by atoms with Crippen LogP contribution in [-0.4, -0.2) is 33.4 Å². The van der Waals surface area contributed by atoms with E-state index in [1.165, 1.54) is 12.1 Å². The zero-order valence-corrected chi connectivity index (χ0v) is 10.0. The second-order valence-electron chi connectivity index (χ2n) is 4.17. The lowest BCUT2D eigenvalue weighted by molar-refractivity contribution is 0.0713. The molecule has 5 nitrogen and oxygen atoms in total. The maximum absolute atomic E-state index is 11.8. The fourth-order valence-corrected chi connectivity index (χ4v) is 2.06.